The molecule has 0 saturated carbocycles. The van der Waals surface area contributed by atoms with Crippen LogP contribution in [0.15, 0.2) is 0 Å². The van der Waals surface area contributed by atoms with Crippen LogP contribution in [-0.2, 0) is 9.53 Å². The summed E-state index contributed by atoms with van der Waals surface area (Å²) in [6.45, 7) is 1.32. The first-order valence-electron chi connectivity index (χ1n) is 4.39. The molecule has 0 aromatic heterocycles. The minimum absolute atomic E-state index is 0.0211. The lowest BCUT2D eigenvalue weighted by Gasteiger charge is -2.09. The standard InChI is InChI=1S/C8H15N3O2/c9-7(10)4-8(12)11-5-6-2-1-3-13-6/h6H,1-5H2,(H3,9,10)(H,11,12)/t6-/m0/s1. The van der Waals surface area contributed by atoms with Gasteiger partial charge in [-0.15, -0.1) is 0 Å². The number of hydrogen-bond donors (Lipinski definition) is 3. The number of carbonyl (C=O) groups is 1. The third-order valence-electron chi connectivity index (χ3n) is 1.90. The van der Waals surface area contributed by atoms with Crippen LogP contribution in [0.2, 0.25) is 0 Å². The van der Waals surface area contributed by atoms with Crippen molar-refractivity contribution < 1.29 is 9.53 Å². The van der Waals surface area contributed by atoms with E-state index in [1.807, 2.05) is 0 Å². The molecule has 5 nitrogen and oxygen atoms in total. The molecule has 1 heterocycles. The van der Waals surface area contributed by atoms with Gasteiger partial charge in [0, 0.05) is 13.2 Å². The zero-order valence-electron chi connectivity index (χ0n) is 7.51. The highest BCUT2D eigenvalue weighted by atomic mass is 16.5. The van der Waals surface area contributed by atoms with E-state index in [2.05, 4.69) is 5.32 Å². The summed E-state index contributed by atoms with van der Waals surface area (Å²) in [5.41, 5.74) is 5.07. The Labute approximate surface area is 77.1 Å². The molecule has 0 aromatic carbocycles. The number of rotatable bonds is 4. The van der Waals surface area contributed by atoms with Crippen molar-refractivity contribution in [2.75, 3.05) is 13.2 Å². The predicted octanol–water partition coefficient (Wildman–Crippen LogP) is -0.392. The lowest BCUT2D eigenvalue weighted by Crippen LogP contribution is -2.34. The van der Waals surface area contributed by atoms with E-state index in [-0.39, 0.29) is 24.3 Å². The zero-order chi connectivity index (χ0) is 9.68. The fraction of sp³-hybridized carbons (Fsp3) is 0.750. The summed E-state index contributed by atoms with van der Waals surface area (Å²) in [6.07, 6.45) is 2.19. The third-order valence-corrected chi connectivity index (χ3v) is 1.90. The van der Waals surface area contributed by atoms with Gasteiger partial charge in [-0.25, -0.2) is 0 Å². The first-order chi connectivity index (χ1) is 6.18. The fourth-order valence-corrected chi connectivity index (χ4v) is 1.27. The Kier molecular flexibility index (Phi) is 3.70. The van der Waals surface area contributed by atoms with Gasteiger partial charge in [-0.2, -0.15) is 0 Å². The Morgan fingerprint density at radius 2 is 2.46 bits per heavy atom. The van der Waals surface area contributed by atoms with Gasteiger partial charge in [0.25, 0.3) is 0 Å². The van der Waals surface area contributed by atoms with E-state index in [1.54, 1.807) is 0 Å². The van der Waals surface area contributed by atoms with E-state index in [1.165, 1.54) is 0 Å². The molecule has 1 aliphatic heterocycles. The topological polar surface area (TPSA) is 88.2 Å². The van der Waals surface area contributed by atoms with Crippen LogP contribution in [0, 0.1) is 5.41 Å². The Hall–Kier alpha value is -1.10. The molecule has 0 spiro atoms. The molecule has 0 unspecified atom stereocenters. The number of hydrogen-bond acceptors (Lipinski definition) is 3. The zero-order valence-corrected chi connectivity index (χ0v) is 7.51. The summed E-state index contributed by atoms with van der Waals surface area (Å²) in [5, 5.41) is 9.57. The summed E-state index contributed by atoms with van der Waals surface area (Å²) in [5.74, 6) is -0.312. The SMILES string of the molecule is N=C(N)CC(=O)NC[C@@H]1CCCO1. The van der Waals surface area contributed by atoms with Crippen molar-refractivity contribution >= 4 is 11.7 Å². The van der Waals surface area contributed by atoms with Gasteiger partial charge in [0.05, 0.1) is 18.4 Å². The van der Waals surface area contributed by atoms with Crippen LogP contribution in [0.1, 0.15) is 19.3 Å². The third kappa shape index (κ3) is 3.89. The number of nitrogens with one attached hydrogen (secondary N) is 2. The summed E-state index contributed by atoms with van der Waals surface area (Å²) >= 11 is 0. The van der Waals surface area contributed by atoms with Gasteiger partial charge in [-0.05, 0) is 12.8 Å². The van der Waals surface area contributed by atoms with E-state index in [9.17, 15) is 4.79 Å². The van der Waals surface area contributed by atoms with Crippen molar-refractivity contribution in [3.63, 3.8) is 0 Å². The van der Waals surface area contributed by atoms with Crippen molar-refractivity contribution in [3.05, 3.63) is 0 Å². The summed E-state index contributed by atoms with van der Waals surface area (Å²) in [4.78, 5) is 11.0. The molecule has 0 aliphatic carbocycles. The van der Waals surface area contributed by atoms with E-state index < -0.39 is 0 Å². The molecule has 1 rings (SSSR count). The average molecular weight is 185 g/mol. The van der Waals surface area contributed by atoms with Crippen molar-refractivity contribution in [3.8, 4) is 0 Å². The Morgan fingerprint density at radius 3 is 3.00 bits per heavy atom. The Bertz CT molecular complexity index is 200. The summed E-state index contributed by atoms with van der Waals surface area (Å²) < 4.78 is 5.31. The van der Waals surface area contributed by atoms with Gasteiger partial charge in [-0.3, -0.25) is 10.2 Å². The highest BCUT2D eigenvalue weighted by molar-refractivity contribution is 5.97. The van der Waals surface area contributed by atoms with E-state index in [0.29, 0.717) is 6.54 Å². The minimum Gasteiger partial charge on any atom is -0.387 e. The molecule has 0 bridgehead atoms. The van der Waals surface area contributed by atoms with Gasteiger partial charge < -0.3 is 15.8 Å². The summed E-state index contributed by atoms with van der Waals surface area (Å²) in [6, 6.07) is 0. The predicted molar refractivity (Wildman–Crippen MR) is 48.5 cm³/mol. The van der Waals surface area contributed by atoms with E-state index in [4.69, 9.17) is 15.9 Å². The highest BCUT2D eigenvalue weighted by Crippen LogP contribution is 2.10. The molecule has 1 amide bonds. The normalized spacial score (nSPS) is 21.4. The molecule has 4 N–H and O–H groups in total. The van der Waals surface area contributed by atoms with Crippen molar-refractivity contribution in [1.82, 2.24) is 5.32 Å². The average Bonchev–Trinajstić information content (AvgIpc) is 2.51. The molecule has 1 atom stereocenters. The number of amidine groups is 1. The first kappa shape index (κ1) is 9.98. The van der Waals surface area contributed by atoms with Crippen LogP contribution in [0.3, 0.4) is 0 Å². The van der Waals surface area contributed by atoms with E-state index >= 15 is 0 Å². The maximum Gasteiger partial charge on any atom is 0.227 e. The van der Waals surface area contributed by atoms with Crippen LogP contribution in [-0.4, -0.2) is 31.0 Å². The fourth-order valence-electron chi connectivity index (χ4n) is 1.27. The van der Waals surface area contributed by atoms with Crippen LogP contribution >= 0.6 is 0 Å². The molecule has 1 saturated heterocycles. The van der Waals surface area contributed by atoms with Crippen LogP contribution < -0.4 is 11.1 Å². The molecule has 1 aliphatic rings. The maximum absolute atomic E-state index is 11.0. The van der Waals surface area contributed by atoms with Gasteiger partial charge in [0.1, 0.15) is 0 Å². The second-order valence-electron chi connectivity index (χ2n) is 3.14. The molecule has 0 radical (unpaired) electrons. The van der Waals surface area contributed by atoms with Crippen LogP contribution in [0.5, 0.6) is 0 Å². The second-order valence-corrected chi connectivity index (χ2v) is 3.14. The minimum atomic E-state index is -0.206. The van der Waals surface area contributed by atoms with Gasteiger partial charge in [0.15, 0.2) is 0 Å². The molecule has 13 heavy (non-hydrogen) atoms. The second kappa shape index (κ2) is 4.81. The van der Waals surface area contributed by atoms with Crippen molar-refractivity contribution in [1.29, 1.82) is 5.41 Å². The number of amides is 1. The van der Waals surface area contributed by atoms with Gasteiger partial charge in [-0.1, -0.05) is 0 Å². The maximum atomic E-state index is 11.0. The van der Waals surface area contributed by atoms with Crippen LogP contribution in [0.4, 0.5) is 0 Å². The first-order valence-corrected chi connectivity index (χ1v) is 4.39. The number of carbonyl (C=O) groups excluding carboxylic acids is 1. The van der Waals surface area contributed by atoms with Gasteiger partial charge >= 0.3 is 0 Å². The monoisotopic (exact) mass is 185 g/mol. The molecular weight excluding hydrogens is 170 g/mol. The van der Waals surface area contributed by atoms with Crippen molar-refractivity contribution in [2.45, 2.75) is 25.4 Å². The smallest absolute Gasteiger partial charge is 0.227 e. The summed E-state index contributed by atoms with van der Waals surface area (Å²) in [7, 11) is 0. The largest absolute Gasteiger partial charge is 0.387 e. The molecule has 1 fully saturated rings. The highest BCUT2D eigenvalue weighted by Gasteiger charge is 2.15. The number of nitrogens with two attached hydrogens (primary N) is 1. The van der Waals surface area contributed by atoms with Gasteiger partial charge in [0.2, 0.25) is 5.91 Å². The van der Waals surface area contributed by atoms with E-state index in [0.717, 1.165) is 19.4 Å². The lowest BCUT2D eigenvalue weighted by molar-refractivity contribution is -0.120. The Balaban J connectivity index is 2.10. The molecule has 74 valence electrons. The van der Waals surface area contributed by atoms with Crippen LogP contribution in [0.25, 0.3) is 0 Å². The molecule has 0 aromatic rings. The Morgan fingerprint density at radius 1 is 1.69 bits per heavy atom. The molecule has 5 heteroatoms. The lowest BCUT2D eigenvalue weighted by atomic mass is 10.2. The quantitative estimate of drug-likeness (QED) is 0.411. The number of ether oxygens (including phenoxy) is 1. The van der Waals surface area contributed by atoms with Crippen molar-refractivity contribution in [2.24, 2.45) is 5.73 Å². The molecular formula is C8H15N3O2.